The van der Waals surface area contributed by atoms with Gasteiger partial charge in [-0.15, -0.1) is 0 Å². The smallest absolute Gasteiger partial charge is 0.228 e. The molecule has 1 atom stereocenters. The van der Waals surface area contributed by atoms with Crippen molar-refractivity contribution in [3.8, 4) is 11.3 Å². The maximum Gasteiger partial charge on any atom is 0.228 e. The molecule has 3 aromatic rings. The monoisotopic (exact) mass is 521 g/mol. The third-order valence-corrected chi connectivity index (χ3v) is 7.57. The zero-order valence-corrected chi connectivity index (χ0v) is 22.2. The molecule has 4 heterocycles. The first-order valence-electron chi connectivity index (χ1n) is 12.9. The van der Waals surface area contributed by atoms with Crippen LogP contribution in [0.5, 0.6) is 0 Å². The summed E-state index contributed by atoms with van der Waals surface area (Å²) < 4.78 is 5.82. The Kier molecular flexibility index (Phi) is 7.50. The van der Waals surface area contributed by atoms with E-state index in [2.05, 4.69) is 56.7 Å². The number of rotatable bonds is 6. The zero-order chi connectivity index (χ0) is 24.5. The SMILES string of the molecule is CC1(C(=O)N2CCN(c3ccc(-c4cc5nccnc5c(NC[C@@H]5CNCCO5)n4)cc3)CC2)CC1.S. The molecule has 196 valence electrons. The van der Waals surface area contributed by atoms with Crippen molar-refractivity contribution in [3.05, 3.63) is 42.7 Å². The number of nitrogens with zero attached hydrogens (tertiary/aromatic N) is 5. The third-order valence-electron chi connectivity index (χ3n) is 7.57. The molecule has 2 N–H and O–H groups in total. The van der Waals surface area contributed by atoms with Crippen LogP contribution >= 0.6 is 13.5 Å². The lowest BCUT2D eigenvalue weighted by Crippen LogP contribution is -2.50. The summed E-state index contributed by atoms with van der Waals surface area (Å²) in [6.07, 6.45) is 5.56. The molecule has 2 aliphatic heterocycles. The van der Waals surface area contributed by atoms with Crippen molar-refractivity contribution in [1.82, 2.24) is 25.2 Å². The number of fused-ring (bicyclic) bond motifs is 1. The number of morpholine rings is 1. The van der Waals surface area contributed by atoms with Crippen LogP contribution in [0.15, 0.2) is 42.7 Å². The van der Waals surface area contributed by atoms with Crippen LogP contribution in [0.1, 0.15) is 19.8 Å². The van der Waals surface area contributed by atoms with Crippen LogP contribution in [-0.2, 0) is 9.53 Å². The first-order valence-corrected chi connectivity index (χ1v) is 12.9. The second-order valence-electron chi connectivity index (χ2n) is 10.2. The summed E-state index contributed by atoms with van der Waals surface area (Å²) in [4.78, 5) is 31.0. The highest BCUT2D eigenvalue weighted by molar-refractivity contribution is 7.59. The number of hydrogen-bond acceptors (Lipinski definition) is 8. The van der Waals surface area contributed by atoms with Crippen molar-refractivity contribution >= 4 is 41.9 Å². The average molecular weight is 522 g/mol. The molecule has 3 aliphatic rings. The van der Waals surface area contributed by atoms with Gasteiger partial charge in [0, 0.05) is 74.9 Å². The van der Waals surface area contributed by atoms with E-state index in [1.165, 1.54) is 5.69 Å². The number of carbonyl (C=O) groups is 1. The maximum atomic E-state index is 12.7. The second kappa shape index (κ2) is 10.8. The molecule has 0 bridgehead atoms. The van der Waals surface area contributed by atoms with Crippen LogP contribution < -0.4 is 15.5 Å². The van der Waals surface area contributed by atoms with Crippen molar-refractivity contribution in [3.63, 3.8) is 0 Å². The minimum atomic E-state index is -0.0882. The topological polar surface area (TPSA) is 95.5 Å². The number of piperazine rings is 1. The predicted molar refractivity (Wildman–Crippen MR) is 150 cm³/mol. The van der Waals surface area contributed by atoms with Gasteiger partial charge in [-0.2, -0.15) is 13.5 Å². The predicted octanol–water partition coefficient (Wildman–Crippen LogP) is 2.65. The first-order chi connectivity index (χ1) is 17.6. The van der Waals surface area contributed by atoms with Crippen LogP contribution in [0, 0.1) is 5.41 Å². The van der Waals surface area contributed by atoms with Gasteiger partial charge in [-0.05, 0) is 31.0 Å². The van der Waals surface area contributed by atoms with E-state index in [0.29, 0.717) is 12.5 Å². The molecule has 0 unspecified atom stereocenters. The number of aromatic nitrogens is 3. The number of nitrogens with one attached hydrogen (secondary N) is 2. The fourth-order valence-electron chi connectivity index (χ4n) is 5.00. The fraction of sp³-hybridized carbons (Fsp3) is 0.481. The lowest BCUT2D eigenvalue weighted by molar-refractivity contribution is -0.136. The molecular weight excluding hydrogens is 486 g/mol. The number of carbonyl (C=O) groups excluding carboxylic acids is 1. The summed E-state index contributed by atoms with van der Waals surface area (Å²) in [5, 5.41) is 6.80. The Morgan fingerprint density at radius 3 is 2.59 bits per heavy atom. The number of hydrogen-bond donors (Lipinski definition) is 2. The van der Waals surface area contributed by atoms with E-state index in [1.54, 1.807) is 12.4 Å². The highest BCUT2D eigenvalue weighted by atomic mass is 32.1. The van der Waals surface area contributed by atoms with Gasteiger partial charge in [0.2, 0.25) is 5.91 Å². The molecule has 1 aromatic carbocycles. The summed E-state index contributed by atoms with van der Waals surface area (Å²) in [5.74, 6) is 1.05. The average Bonchev–Trinajstić information content (AvgIpc) is 3.70. The number of anilines is 2. The maximum absolute atomic E-state index is 12.7. The van der Waals surface area contributed by atoms with Gasteiger partial charge in [-0.1, -0.05) is 19.1 Å². The molecule has 1 aliphatic carbocycles. The molecule has 0 radical (unpaired) electrons. The van der Waals surface area contributed by atoms with Gasteiger partial charge in [-0.25, -0.2) is 9.97 Å². The summed E-state index contributed by atoms with van der Waals surface area (Å²) in [6.45, 7) is 8.47. The summed E-state index contributed by atoms with van der Waals surface area (Å²) in [6, 6.07) is 10.5. The van der Waals surface area contributed by atoms with Gasteiger partial charge in [-0.3, -0.25) is 9.78 Å². The van der Waals surface area contributed by atoms with Gasteiger partial charge in [0.1, 0.15) is 5.52 Å². The summed E-state index contributed by atoms with van der Waals surface area (Å²) in [5.41, 5.74) is 4.53. The summed E-state index contributed by atoms with van der Waals surface area (Å²) in [7, 11) is 0. The molecule has 37 heavy (non-hydrogen) atoms. The highest BCUT2D eigenvalue weighted by Crippen LogP contribution is 2.46. The number of amides is 1. The van der Waals surface area contributed by atoms with Crippen molar-refractivity contribution in [1.29, 1.82) is 0 Å². The van der Waals surface area contributed by atoms with Crippen LogP contribution in [0.2, 0.25) is 0 Å². The van der Waals surface area contributed by atoms with E-state index in [-0.39, 0.29) is 25.0 Å². The number of benzene rings is 1. The standard InChI is InChI=1S/C27H33N7O2.H2S/c1-27(6-7-27)26(35)34-13-11-33(12-14-34)20-4-2-19(3-5-20)22-16-23-24(30-9-8-29-23)25(32-22)31-18-21-17-28-10-15-36-21;/h2-5,8-9,16,21,28H,6-7,10-15,17-18H2,1H3,(H,31,32);1H2/t21-;/m0./s1. The molecule has 3 fully saturated rings. The van der Waals surface area contributed by atoms with Crippen LogP contribution in [-0.4, -0.2) is 84.3 Å². The largest absolute Gasteiger partial charge is 0.374 e. The van der Waals surface area contributed by atoms with Crippen LogP contribution in [0.25, 0.3) is 22.3 Å². The third kappa shape index (κ3) is 5.51. The molecule has 1 amide bonds. The quantitative estimate of drug-likeness (QED) is 0.511. The van der Waals surface area contributed by atoms with Gasteiger partial charge in [0.05, 0.1) is 23.9 Å². The van der Waals surface area contributed by atoms with Crippen LogP contribution in [0.4, 0.5) is 11.5 Å². The molecule has 10 heteroatoms. The van der Waals surface area contributed by atoms with Crippen molar-refractivity contribution in [2.75, 3.05) is 62.6 Å². The van der Waals surface area contributed by atoms with Gasteiger partial charge >= 0.3 is 0 Å². The minimum Gasteiger partial charge on any atom is -0.374 e. The Balaban J connectivity index is 0.00000280. The minimum absolute atomic E-state index is 0. The number of pyridine rings is 1. The van der Waals surface area contributed by atoms with E-state index in [4.69, 9.17) is 9.72 Å². The number of ether oxygens (including phenoxy) is 1. The second-order valence-corrected chi connectivity index (χ2v) is 10.2. The van der Waals surface area contributed by atoms with E-state index in [1.807, 2.05) is 11.0 Å². The van der Waals surface area contributed by atoms with Crippen LogP contribution in [0.3, 0.4) is 0 Å². The Labute approximate surface area is 224 Å². The Morgan fingerprint density at radius 2 is 1.89 bits per heavy atom. The zero-order valence-electron chi connectivity index (χ0n) is 21.2. The van der Waals surface area contributed by atoms with E-state index < -0.39 is 0 Å². The van der Waals surface area contributed by atoms with Crippen molar-refractivity contribution in [2.24, 2.45) is 5.41 Å². The lowest BCUT2D eigenvalue weighted by atomic mass is 10.1. The van der Waals surface area contributed by atoms with Gasteiger partial charge in [0.15, 0.2) is 5.82 Å². The molecular formula is C27H35N7O2S. The molecule has 1 saturated carbocycles. The summed E-state index contributed by atoms with van der Waals surface area (Å²) >= 11 is 0. The Morgan fingerprint density at radius 1 is 1.14 bits per heavy atom. The van der Waals surface area contributed by atoms with E-state index in [0.717, 1.165) is 86.8 Å². The fourth-order valence-corrected chi connectivity index (χ4v) is 5.00. The van der Waals surface area contributed by atoms with Gasteiger partial charge < -0.3 is 25.2 Å². The molecule has 6 rings (SSSR count). The normalized spacial score (nSPS) is 20.8. The molecule has 0 spiro atoms. The molecule has 2 saturated heterocycles. The van der Waals surface area contributed by atoms with Crippen molar-refractivity contribution < 1.29 is 9.53 Å². The highest BCUT2D eigenvalue weighted by Gasteiger charge is 2.47. The van der Waals surface area contributed by atoms with Gasteiger partial charge in [0.25, 0.3) is 0 Å². The van der Waals surface area contributed by atoms with Crippen molar-refractivity contribution in [2.45, 2.75) is 25.9 Å². The molecule has 2 aromatic heterocycles. The van der Waals surface area contributed by atoms with E-state index >= 15 is 0 Å². The Hall–Kier alpha value is -2.95. The molecule has 9 nitrogen and oxygen atoms in total. The first kappa shape index (κ1) is 25.7. The van der Waals surface area contributed by atoms with E-state index in [9.17, 15) is 4.79 Å². The Bertz CT molecular complexity index is 1240. The lowest BCUT2D eigenvalue weighted by Gasteiger charge is -2.37.